The Bertz CT molecular complexity index is 699. The molecule has 0 aliphatic rings. The van der Waals surface area contributed by atoms with Crippen molar-refractivity contribution in [2.45, 2.75) is 0 Å². The summed E-state index contributed by atoms with van der Waals surface area (Å²) >= 11 is 11.8. The number of benzene rings is 2. The molecule has 0 aromatic heterocycles. The predicted molar refractivity (Wildman–Crippen MR) is 78.8 cm³/mol. The molecule has 2 aromatic carbocycles. The average molecular weight is 310 g/mol. The van der Waals surface area contributed by atoms with Gasteiger partial charge in [-0.15, -0.1) is 0 Å². The van der Waals surface area contributed by atoms with E-state index in [1.165, 1.54) is 24.4 Å². The van der Waals surface area contributed by atoms with Crippen LogP contribution in [0.15, 0.2) is 41.4 Å². The first-order valence-electron chi connectivity index (χ1n) is 5.53. The second-order valence-electron chi connectivity index (χ2n) is 3.93. The van der Waals surface area contributed by atoms with Crippen LogP contribution in [0.4, 0.5) is 5.69 Å². The lowest BCUT2D eigenvalue weighted by atomic mass is 10.1. The predicted octanol–water partition coefficient (Wildman–Crippen LogP) is 4.15. The summed E-state index contributed by atoms with van der Waals surface area (Å²) < 4.78 is 0. The molecule has 0 radical (unpaired) electrons. The summed E-state index contributed by atoms with van der Waals surface area (Å²) in [5.41, 5.74) is 0.765. The van der Waals surface area contributed by atoms with E-state index in [0.29, 0.717) is 15.7 Å². The highest BCUT2D eigenvalue weighted by molar-refractivity contribution is 6.35. The van der Waals surface area contributed by atoms with Crippen molar-refractivity contribution in [3.8, 4) is 5.75 Å². The van der Waals surface area contributed by atoms with Crippen LogP contribution in [0, 0.1) is 0 Å². The lowest BCUT2D eigenvalue weighted by molar-refractivity contribution is 0.0697. The van der Waals surface area contributed by atoms with Gasteiger partial charge < -0.3 is 10.2 Å². The second kappa shape index (κ2) is 5.94. The molecular weight excluding hydrogens is 301 g/mol. The maximum Gasteiger partial charge on any atom is 0.335 e. The lowest BCUT2D eigenvalue weighted by Crippen LogP contribution is -1.97. The number of phenols is 1. The molecule has 0 heterocycles. The number of aliphatic imine (C=N–C) groups is 1. The molecule has 0 bridgehead atoms. The molecule has 6 heteroatoms. The number of carbonyl (C=O) groups is 1. The Balaban J connectivity index is 2.38. The molecule has 0 saturated heterocycles. The van der Waals surface area contributed by atoms with Gasteiger partial charge in [-0.3, -0.25) is 4.99 Å². The summed E-state index contributed by atoms with van der Waals surface area (Å²) in [5.74, 6) is -1.16. The summed E-state index contributed by atoms with van der Waals surface area (Å²) in [5, 5.41) is 19.5. The Morgan fingerprint density at radius 2 is 1.90 bits per heavy atom. The minimum absolute atomic E-state index is 0.0569. The standard InChI is InChI=1S/C14H9Cl2NO3/c15-10-2-3-11(16)12(6-10)17-7-9-5-8(14(19)20)1-4-13(9)18/h1-7,18H,(H,19,20). The monoisotopic (exact) mass is 309 g/mol. The van der Waals surface area contributed by atoms with Crippen LogP contribution in [0.1, 0.15) is 15.9 Å². The maximum atomic E-state index is 10.9. The van der Waals surface area contributed by atoms with Crippen LogP contribution in [-0.4, -0.2) is 22.4 Å². The van der Waals surface area contributed by atoms with Gasteiger partial charge in [0, 0.05) is 16.8 Å². The molecule has 0 aliphatic carbocycles. The van der Waals surface area contributed by atoms with Crippen molar-refractivity contribution in [3.63, 3.8) is 0 Å². The third kappa shape index (κ3) is 3.29. The summed E-state index contributed by atoms with van der Waals surface area (Å²) in [6, 6.07) is 8.72. The van der Waals surface area contributed by atoms with Crippen molar-refractivity contribution < 1.29 is 15.0 Å². The fourth-order valence-corrected chi connectivity index (χ4v) is 1.85. The van der Waals surface area contributed by atoms with Gasteiger partial charge in [0.2, 0.25) is 0 Å². The van der Waals surface area contributed by atoms with Gasteiger partial charge in [0.15, 0.2) is 0 Å². The quantitative estimate of drug-likeness (QED) is 0.837. The number of aromatic carboxylic acids is 1. The van der Waals surface area contributed by atoms with E-state index in [2.05, 4.69) is 4.99 Å². The largest absolute Gasteiger partial charge is 0.507 e. The Labute approximate surface area is 124 Å². The van der Waals surface area contributed by atoms with Gasteiger partial charge >= 0.3 is 5.97 Å². The summed E-state index contributed by atoms with van der Waals surface area (Å²) in [6.07, 6.45) is 1.33. The summed E-state index contributed by atoms with van der Waals surface area (Å²) in [4.78, 5) is 15.0. The van der Waals surface area contributed by atoms with Gasteiger partial charge in [-0.2, -0.15) is 0 Å². The molecule has 0 fully saturated rings. The SMILES string of the molecule is O=C(O)c1ccc(O)c(C=Nc2cc(Cl)ccc2Cl)c1. The number of hydrogen-bond acceptors (Lipinski definition) is 3. The lowest BCUT2D eigenvalue weighted by Gasteiger charge is -2.02. The van der Waals surface area contributed by atoms with E-state index in [1.807, 2.05) is 0 Å². The highest BCUT2D eigenvalue weighted by Crippen LogP contribution is 2.28. The van der Waals surface area contributed by atoms with Crippen LogP contribution in [0.3, 0.4) is 0 Å². The third-order valence-electron chi connectivity index (χ3n) is 2.53. The Morgan fingerprint density at radius 1 is 1.15 bits per heavy atom. The Hall–Kier alpha value is -2.04. The molecule has 0 saturated carbocycles. The molecule has 0 unspecified atom stereocenters. The highest BCUT2D eigenvalue weighted by Gasteiger charge is 2.06. The molecule has 2 rings (SSSR count). The zero-order valence-corrected chi connectivity index (χ0v) is 11.6. The number of carboxylic acids is 1. The van der Waals surface area contributed by atoms with Crippen molar-refractivity contribution in [1.29, 1.82) is 0 Å². The zero-order chi connectivity index (χ0) is 14.7. The first-order valence-corrected chi connectivity index (χ1v) is 6.28. The van der Waals surface area contributed by atoms with E-state index in [9.17, 15) is 9.90 Å². The highest BCUT2D eigenvalue weighted by atomic mass is 35.5. The summed E-state index contributed by atoms with van der Waals surface area (Å²) in [6.45, 7) is 0. The second-order valence-corrected chi connectivity index (χ2v) is 4.78. The molecule has 0 spiro atoms. The van der Waals surface area contributed by atoms with E-state index in [4.69, 9.17) is 28.3 Å². The fourth-order valence-electron chi connectivity index (χ4n) is 1.51. The number of nitrogens with zero attached hydrogens (tertiary/aromatic N) is 1. The molecule has 102 valence electrons. The molecule has 0 aliphatic heterocycles. The van der Waals surface area contributed by atoms with E-state index in [-0.39, 0.29) is 16.9 Å². The molecule has 4 nitrogen and oxygen atoms in total. The minimum atomic E-state index is -1.08. The third-order valence-corrected chi connectivity index (χ3v) is 3.08. The first kappa shape index (κ1) is 14.4. The number of rotatable bonds is 3. The van der Waals surface area contributed by atoms with Gasteiger partial charge in [0.1, 0.15) is 5.75 Å². The van der Waals surface area contributed by atoms with E-state index >= 15 is 0 Å². The van der Waals surface area contributed by atoms with Gasteiger partial charge in [0.25, 0.3) is 0 Å². The van der Waals surface area contributed by atoms with Crippen LogP contribution in [0.25, 0.3) is 0 Å². The van der Waals surface area contributed by atoms with Crippen molar-refractivity contribution >= 4 is 41.1 Å². The number of phenolic OH excluding ortho intramolecular Hbond substituents is 1. The topological polar surface area (TPSA) is 69.9 Å². The van der Waals surface area contributed by atoms with Gasteiger partial charge in [0.05, 0.1) is 16.3 Å². The number of hydrogen-bond donors (Lipinski definition) is 2. The van der Waals surface area contributed by atoms with Crippen LogP contribution in [0.5, 0.6) is 5.75 Å². The molecule has 0 atom stereocenters. The van der Waals surface area contributed by atoms with Crippen molar-refractivity contribution in [2.75, 3.05) is 0 Å². The van der Waals surface area contributed by atoms with Crippen LogP contribution >= 0.6 is 23.2 Å². The fraction of sp³-hybridized carbons (Fsp3) is 0. The normalized spacial score (nSPS) is 10.9. The minimum Gasteiger partial charge on any atom is -0.507 e. The molecule has 20 heavy (non-hydrogen) atoms. The smallest absolute Gasteiger partial charge is 0.335 e. The van der Waals surface area contributed by atoms with Gasteiger partial charge in [-0.25, -0.2) is 4.79 Å². The van der Waals surface area contributed by atoms with Crippen LogP contribution in [0.2, 0.25) is 10.0 Å². The summed E-state index contributed by atoms with van der Waals surface area (Å²) in [7, 11) is 0. The average Bonchev–Trinajstić information content (AvgIpc) is 2.41. The molecule has 2 N–H and O–H groups in total. The number of halogens is 2. The van der Waals surface area contributed by atoms with E-state index in [0.717, 1.165) is 0 Å². The Kier molecular flexibility index (Phi) is 4.27. The van der Waals surface area contributed by atoms with Crippen LogP contribution < -0.4 is 0 Å². The maximum absolute atomic E-state index is 10.9. The Morgan fingerprint density at radius 3 is 2.60 bits per heavy atom. The van der Waals surface area contributed by atoms with Crippen LogP contribution in [-0.2, 0) is 0 Å². The zero-order valence-electron chi connectivity index (χ0n) is 10.0. The molecular formula is C14H9Cl2NO3. The molecule has 0 amide bonds. The van der Waals surface area contributed by atoms with Crippen molar-refractivity contribution in [1.82, 2.24) is 0 Å². The number of aromatic hydroxyl groups is 1. The number of carboxylic acid groups (broad SMARTS) is 1. The molecule has 2 aromatic rings. The van der Waals surface area contributed by atoms with Crippen molar-refractivity contribution in [3.05, 3.63) is 57.6 Å². The van der Waals surface area contributed by atoms with Crippen molar-refractivity contribution in [2.24, 2.45) is 4.99 Å². The van der Waals surface area contributed by atoms with Gasteiger partial charge in [-0.1, -0.05) is 23.2 Å². The van der Waals surface area contributed by atoms with Gasteiger partial charge in [-0.05, 0) is 36.4 Å². The van der Waals surface area contributed by atoms with E-state index < -0.39 is 5.97 Å². The first-order chi connectivity index (χ1) is 9.47. The van der Waals surface area contributed by atoms with E-state index in [1.54, 1.807) is 18.2 Å².